The zero-order chi connectivity index (χ0) is 13.1. The third kappa shape index (κ3) is 1.45. The molecule has 19 heavy (non-hydrogen) atoms. The first-order chi connectivity index (χ1) is 9.13. The minimum atomic E-state index is -0.914. The van der Waals surface area contributed by atoms with Gasteiger partial charge in [-0.25, -0.2) is 9.78 Å². The number of carboxylic acid groups (broad SMARTS) is 1. The second-order valence-corrected chi connectivity index (χ2v) is 5.88. The topological polar surface area (TPSA) is 54.6 Å². The average molecular weight is 291 g/mol. The highest BCUT2D eigenvalue weighted by Crippen LogP contribution is 2.39. The Morgan fingerprint density at radius 2 is 2.32 bits per heavy atom. The van der Waals surface area contributed by atoms with Gasteiger partial charge in [0.1, 0.15) is 4.88 Å². The number of thiazole rings is 1. The maximum Gasteiger partial charge on any atom is 0.347 e. The highest BCUT2D eigenvalue weighted by molar-refractivity contribution is 7.18. The molecule has 4 nitrogen and oxygen atoms in total. The number of aromatic nitrogens is 2. The lowest BCUT2D eigenvalue weighted by molar-refractivity contribution is 0.0702. The van der Waals surface area contributed by atoms with Crippen molar-refractivity contribution in [3.05, 3.63) is 45.6 Å². The van der Waals surface area contributed by atoms with Gasteiger partial charge in [0.15, 0.2) is 4.96 Å². The van der Waals surface area contributed by atoms with Crippen molar-refractivity contribution < 1.29 is 9.90 Å². The maximum atomic E-state index is 11.0. The first-order valence-electron chi connectivity index (χ1n) is 5.66. The molecule has 0 atom stereocenters. The van der Waals surface area contributed by atoms with Gasteiger partial charge in [0.2, 0.25) is 0 Å². The fourth-order valence-electron chi connectivity index (χ4n) is 2.49. The van der Waals surface area contributed by atoms with Gasteiger partial charge < -0.3 is 5.11 Å². The van der Waals surface area contributed by atoms with Crippen LogP contribution in [0.3, 0.4) is 0 Å². The van der Waals surface area contributed by atoms with E-state index in [1.54, 1.807) is 6.20 Å². The fourth-order valence-corrected chi connectivity index (χ4v) is 3.53. The van der Waals surface area contributed by atoms with Crippen LogP contribution in [0, 0.1) is 0 Å². The largest absolute Gasteiger partial charge is 0.477 e. The molecule has 0 bridgehead atoms. The van der Waals surface area contributed by atoms with E-state index < -0.39 is 5.97 Å². The molecule has 1 aromatic carbocycles. The molecule has 94 valence electrons. The molecule has 0 saturated heterocycles. The molecule has 2 aromatic heterocycles. The van der Waals surface area contributed by atoms with E-state index in [-0.39, 0.29) is 0 Å². The van der Waals surface area contributed by atoms with Crippen LogP contribution in [0.2, 0.25) is 5.02 Å². The number of carboxylic acids is 1. The van der Waals surface area contributed by atoms with E-state index in [0.29, 0.717) is 9.90 Å². The highest BCUT2D eigenvalue weighted by Gasteiger charge is 2.26. The molecule has 6 heteroatoms. The second-order valence-electron chi connectivity index (χ2n) is 4.44. The summed E-state index contributed by atoms with van der Waals surface area (Å²) in [6, 6.07) is 5.76. The number of fused-ring (bicyclic) bond motifs is 5. The zero-order valence-electron chi connectivity index (χ0n) is 9.55. The molecule has 1 aliphatic rings. The quantitative estimate of drug-likeness (QED) is 0.585. The van der Waals surface area contributed by atoms with Crippen molar-refractivity contribution in [2.24, 2.45) is 0 Å². The minimum absolute atomic E-state index is 0.305. The van der Waals surface area contributed by atoms with Crippen molar-refractivity contribution in [3.63, 3.8) is 0 Å². The summed E-state index contributed by atoms with van der Waals surface area (Å²) in [5, 5.41) is 9.72. The summed E-state index contributed by atoms with van der Waals surface area (Å²) in [4.78, 5) is 16.6. The Labute approximate surface area is 116 Å². The third-order valence-electron chi connectivity index (χ3n) is 3.32. The summed E-state index contributed by atoms with van der Waals surface area (Å²) in [5.41, 5.74) is 4.21. The molecule has 0 radical (unpaired) electrons. The van der Waals surface area contributed by atoms with E-state index in [1.807, 2.05) is 22.6 Å². The lowest BCUT2D eigenvalue weighted by Crippen LogP contribution is -1.92. The Morgan fingerprint density at radius 1 is 1.47 bits per heavy atom. The predicted octanol–water partition coefficient (Wildman–Crippen LogP) is 3.32. The number of hydrogen-bond acceptors (Lipinski definition) is 3. The van der Waals surface area contributed by atoms with Gasteiger partial charge in [-0.05, 0) is 17.7 Å². The van der Waals surface area contributed by atoms with Gasteiger partial charge in [-0.1, -0.05) is 29.0 Å². The van der Waals surface area contributed by atoms with Crippen LogP contribution < -0.4 is 0 Å². The average Bonchev–Trinajstić information content (AvgIpc) is 2.97. The van der Waals surface area contributed by atoms with Crippen LogP contribution in [-0.4, -0.2) is 20.5 Å². The summed E-state index contributed by atoms with van der Waals surface area (Å²) >= 11 is 7.19. The number of aromatic carboxylic acids is 1. The first kappa shape index (κ1) is 11.0. The Hall–Kier alpha value is -1.85. The molecule has 2 heterocycles. The summed E-state index contributed by atoms with van der Waals surface area (Å²) in [6.45, 7) is 0. The summed E-state index contributed by atoms with van der Waals surface area (Å²) < 4.78 is 1.87. The zero-order valence-corrected chi connectivity index (χ0v) is 11.1. The summed E-state index contributed by atoms with van der Waals surface area (Å²) in [5.74, 6) is -0.914. The van der Waals surface area contributed by atoms with Gasteiger partial charge in [-0.15, -0.1) is 0 Å². The number of carbonyl (C=O) groups is 1. The van der Waals surface area contributed by atoms with E-state index in [9.17, 15) is 4.79 Å². The first-order valence-corrected chi connectivity index (χ1v) is 6.86. The number of hydrogen-bond donors (Lipinski definition) is 1. The van der Waals surface area contributed by atoms with Crippen molar-refractivity contribution >= 4 is 33.9 Å². The number of rotatable bonds is 1. The Kier molecular flexibility index (Phi) is 2.08. The van der Waals surface area contributed by atoms with Crippen LogP contribution in [0.25, 0.3) is 16.2 Å². The maximum absolute atomic E-state index is 11.0. The van der Waals surface area contributed by atoms with E-state index in [1.165, 1.54) is 11.3 Å². The van der Waals surface area contributed by atoms with Crippen molar-refractivity contribution in [1.29, 1.82) is 0 Å². The normalized spacial score (nSPS) is 12.7. The molecule has 3 aromatic rings. The molecule has 0 aliphatic heterocycles. The molecule has 0 unspecified atom stereocenters. The van der Waals surface area contributed by atoms with Gasteiger partial charge in [-0.3, -0.25) is 4.40 Å². The van der Waals surface area contributed by atoms with Gasteiger partial charge in [-0.2, -0.15) is 0 Å². The molecular formula is C13H7ClN2O2S. The third-order valence-corrected chi connectivity index (χ3v) is 4.52. The minimum Gasteiger partial charge on any atom is -0.477 e. The van der Waals surface area contributed by atoms with E-state index in [4.69, 9.17) is 16.7 Å². The van der Waals surface area contributed by atoms with Crippen molar-refractivity contribution in [3.8, 4) is 11.3 Å². The van der Waals surface area contributed by atoms with Gasteiger partial charge >= 0.3 is 5.97 Å². The smallest absolute Gasteiger partial charge is 0.347 e. The standard InChI is InChI=1S/C13H7ClN2O2S/c14-7-1-2-8-6(3-7)4-9-11(8)15-13-16(9)5-10(19-13)12(17)18/h1-3,5H,4H2,(H,17,18). The van der Waals surface area contributed by atoms with Gasteiger partial charge in [0.25, 0.3) is 0 Å². The van der Waals surface area contributed by atoms with E-state index in [2.05, 4.69) is 4.98 Å². The highest BCUT2D eigenvalue weighted by atomic mass is 35.5. The monoisotopic (exact) mass is 290 g/mol. The van der Waals surface area contributed by atoms with Crippen LogP contribution in [0.15, 0.2) is 24.4 Å². The number of benzene rings is 1. The predicted molar refractivity (Wildman–Crippen MR) is 73.3 cm³/mol. The lowest BCUT2D eigenvalue weighted by Gasteiger charge is -1.98. The lowest BCUT2D eigenvalue weighted by atomic mass is 10.1. The van der Waals surface area contributed by atoms with E-state index >= 15 is 0 Å². The summed E-state index contributed by atoms with van der Waals surface area (Å²) in [7, 11) is 0. The molecule has 4 rings (SSSR count). The van der Waals surface area contributed by atoms with Crippen LogP contribution in [0.1, 0.15) is 20.9 Å². The number of imidazole rings is 1. The van der Waals surface area contributed by atoms with Crippen molar-refractivity contribution in [1.82, 2.24) is 9.38 Å². The second kappa shape index (κ2) is 3.59. The van der Waals surface area contributed by atoms with Crippen LogP contribution in [0.5, 0.6) is 0 Å². The van der Waals surface area contributed by atoms with Crippen molar-refractivity contribution in [2.75, 3.05) is 0 Å². The van der Waals surface area contributed by atoms with Gasteiger partial charge in [0.05, 0.1) is 11.4 Å². The molecular weight excluding hydrogens is 284 g/mol. The molecule has 1 N–H and O–H groups in total. The van der Waals surface area contributed by atoms with Crippen molar-refractivity contribution in [2.45, 2.75) is 6.42 Å². The Bertz CT molecular complexity index is 850. The molecule has 0 saturated carbocycles. The molecule has 0 fully saturated rings. The Balaban J connectivity index is 1.96. The SMILES string of the molecule is O=C(O)c1cn2c3c(nc2s1)-c1ccc(Cl)cc1C3. The van der Waals surface area contributed by atoms with Gasteiger partial charge in [0, 0.05) is 23.2 Å². The Morgan fingerprint density at radius 3 is 3.11 bits per heavy atom. The summed E-state index contributed by atoms with van der Waals surface area (Å²) in [6.07, 6.45) is 2.38. The van der Waals surface area contributed by atoms with Crippen LogP contribution >= 0.6 is 22.9 Å². The van der Waals surface area contributed by atoms with Crippen LogP contribution in [-0.2, 0) is 6.42 Å². The molecule has 1 aliphatic carbocycles. The number of nitrogens with zero attached hydrogens (tertiary/aromatic N) is 2. The molecule has 0 amide bonds. The van der Waals surface area contributed by atoms with E-state index in [0.717, 1.165) is 33.9 Å². The number of halogens is 1. The fraction of sp³-hybridized carbons (Fsp3) is 0.0769. The molecule has 0 spiro atoms. The van der Waals surface area contributed by atoms with Crippen LogP contribution in [0.4, 0.5) is 0 Å².